The summed E-state index contributed by atoms with van der Waals surface area (Å²) in [7, 11) is 4.16. The molecule has 1 aliphatic rings. The largest absolute Gasteiger partial charge is 0.378 e. The highest BCUT2D eigenvalue weighted by Gasteiger charge is 2.20. The smallest absolute Gasteiger partial charge is 0.0368 e. The second-order valence-electron chi connectivity index (χ2n) is 6.02. The van der Waals surface area contributed by atoms with Crippen LogP contribution in [0.3, 0.4) is 0 Å². The van der Waals surface area contributed by atoms with Crippen molar-refractivity contribution in [1.29, 1.82) is 0 Å². The van der Waals surface area contributed by atoms with Gasteiger partial charge >= 0.3 is 0 Å². The molecule has 1 aromatic carbocycles. The van der Waals surface area contributed by atoms with E-state index in [0.29, 0.717) is 12.1 Å². The lowest BCUT2D eigenvalue weighted by Crippen LogP contribution is -2.47. The average Bonchev–Trinajstić information content (AvgIpc) is 2.38. The molecule has 0 aliphatic carbocycles. The maximum Gasteiger partial charge on any atom is 0.0368 e. The molecule has 0 saturated carbocycles. The van der Waals surface area contributed by atoms with Gasteiger partial charge in [-0.25, -0.2) is 0 Å². The van der Waals surface area contributed by atoms with E-state index >= 15 is 0 Å². The third kappa shape index (κ3) is 3.87. The van der Waals surface area contributed by atoms with Crippen molar-refractivity contribution in [2.75, 3.05) is 37.0 Å². The highest BCUT2D eigenvalue weighted by Crippen LogP contribution is 2.23. The van der Waals surface area contributed by atoms with Crippen LogP contribution >= 0.6 is 0 Å². The minimum Gasteiger partial charge on any atom is -0.378 e. The molecule has 106 valence electrons. The zero-order valence-electron chi connectivity index (χ0n) is 12.7. The Hall–Kier alpha value is -1.22. The van der Waals surface area contributed by atoms with Gasteiger partial charge < -0.3 is 15.1 Å². The third-order valence-corrected chi connectivity index (χ3v) is 3.72. The number of piperidine rings is 1. The van der Waals surface area contributed by atoms with E-state index in [1.165, 1.54) is 30.8 Å². The summed E-state index contributed by atoms with van der Waals surface area (Å²) in [5, 5.41) is 3.66. The summed E-state index contributed by atoms with van der Waals surface area (Å²) >= 11 is 0. The van der Waals surface area contributed by atoms with E-state index in [9.17, 15) is 0 Å². The maximum absolute atomic E-state index is 3.66. The van der Waals surface area contributed by atoms with Crippen LogP contribution in [-0.4, -0.2) is 39.3 Å². The molecule has 2 rings (SSSR count). The molecule has 1 aliphatic heterocycles. The maximum atomic E-state index is 3.66. The van der Waals surface area contributed by atoms with Crippen molar-refractivity contribution in [3.8, 4) is 0 Å². The molecular weight excluding hydrogens is 234 g/mol. The Morgan fingerprint density at radius 2 is 1.89 bits per heavy atom. The Labute approximate surface area is 117 Å². The summed E-state index contributed by atoms with van der Waals surface area (Å²) in [5.74, 6) is 0. The van der Waals surface area contributed by atoms with E-state index in [2.05, 4.69) is 67.3 Å². The molecule has 1 heterocycles. The summed E-state index contributed by atoms with van der Waals surface area (Å²) < 4.78 is 0. The second-order valence-corrected chi connectivity index (χ2v) is 6.02. The minimum absolute atomic E-state index is 0.570. The fourth-order valence-electron chi connectivity index (χ4n) is 2.78. The van der Waals surface area contributed by atoms with Crippen molar-refractivity contribution in [3.05, 3.63) is 24.3 Å². The highest BCUT2D eigenvalue weighted by atomic mass is 15.2. The summed E-state index contributed by atoms with van der Waals surface area (Å²) in [4.78, 5) is 4.64. The number of nitrogens with one attached hydrogen (secondary N) is 1. The van der Waals surface area contributed by atoms with Gasteiger partial charge in [-0.15, -0.1) is 0 Å². The molecule has 1 aromatic rings. The van der Waals surface area contributed by atoms with Gasteiger partial charge in [-0.1, -0.05) is 13.8 Å². The summed E-state index contributed by atoms with van der Waals surface area (Å²) in [6.45, 7) is 6.76. The first-order valence-electron chi connectivity index (χ1n) is 7.34. The Morgan fingerprint density at radius 1 is 1.21 bits per heavy atom. The van der Waals surface area contributed by atoms with E-state index < -0.39 is 0 Å². The van der Waals surface area contributed by atoms with Crippen LogP contribution in [0.5, 0.6) is 0 Å². The van der Waals surface area contributed by atoms with E-state index in [4.69, 9.17) is 0 Å². The Balaban J connectivity index is 2.00. The van der Waals surface area contributed by atoms with Gasteiger partial charge in [0.25, 0.3) is 0 Å². The normalized spacial score (nSPS) is 19.8. The van der Waals surface area contributed by atoms with Crippen molar-refractivity contribution in [1.82, 2.24) is 5.32 Å². The minimum atomic E-state index is 0.570. The Bertz CT molecular complexity index is 383. The summed E-state index contributed by atoms with van der Waals surface area (Å²) in [6, 6.07) is 10.1. The van der Waals surface area contributed by atoms with Gasteiger partial charge in [0.05, 0.1) is 0 Å². The van der Waals surface area contributed by atoms with E-state index in [1.807, 2.05) is 0 Å². The van der Waals surface area contributed by atoms with Crippen LogP contribution in [0, 0.1) is 0 Å². The standard InChI is InChI=1S/C16H27N3/c1-13(2)17-14-6-5-11-19(12-14)16-9-7-15(8-10-16)18(3)4/h7-10,13-14,17H,5-6,11-12H2,1-4H3. The van der Waals surface area contributed by atoms with Gasteiger partial charge in [-0.3, -0.25) is 0 Å². The molecule has 3 heteroatoms. The molecule has 1 atom stereocenters. The number of anilines is 2. The molecule has 0 amide bonds. The van der Waals surface area contributed by atoms with Gasteiger partial charge in [0.2, 0.25) is 0 Å². The predicted octanol–water partition coefficient (Wildman–Crippen LogP) is 2.72. The van der Waals surface area contributed by atoms with Crippen LogP contribution in [0.4, 0.5) is 11.4 Å². The lowest BCUT2D eigenvalue weighted by Gasteiger charge is -2.36. The molecular formula is C16H27N3. The number of hydrogen-bond acceptors (Lipinski definition) is 3. The average molecular weight is 261 g/mol. The van der Waals surface area contributed by atoms with Crippen LogP contribution in [-0.2, 0) is 0 Å². The van der Waals surface area contributed by atoms with Gasteiger partial charge in [-0.2, -0.15) is 0 Å². The van der Waals surface area contributed by atoms with Crippen molar-refractivity contribution in [2.24, 2.45) is 0 Å². The zero-order chi connectivity index (χ0) is 13.8. The van der Waals surface area contributed by atoms with Crippen LogP contribution in [0.1, 0.15) is 26.7 Å². The summed E-state index contributed by atoms with van der Waals surface area (Å²) in [5.41, 5.74) is 2.61. The second kappa shape index (κ2) is 6.29. The molecule has 1 N–H and O–H groups in total. The monoisotopic (exact) mass is 261 g/mol. The van der Waals surface area contributed by atoms with Gasteiger partial charge in [0.1, 0.15) is 0 Å². The first-order valence-corrected chi connectivity index (χ1v) is 7.34. The van der Waals surface area contributed by atoms with Crippen molar-refractivity contribution >= 4 is 11.4 Å². The molecule has 1 saturated heterocycles. The fraction of sp³-hybridized carbons (Fsp3) is 0.625. The van der Waals surface area contributed by atoms with Crippen LogP contribution in [0.15, 0.2) is 24.3 Å². The van der Waals surface area contributed by atoms with Gasteiger partial charge in [0.15, 0.2) is 0 Å². The third-order valence-electron chi connectivity index (χ3n) is 3.72. The molecule has 3 nitrogen and oxygen atoms in total. The van der Waals surface area contributed by atoms with Crippen LogP contribution in [0.25, 0.3) is 0 Å². The fourth-order valence-corrected chi connectivity index (χ4v) is 2.78. The molecule has 1 unspecified atom stereocenters. The number of nitrogens with zero attached hydrogens (tertiary/aromatic N) is 2. The first-order chi connectivity index (χ1) is 9.06. The zero-order valence-corrected chi connectivity index (χ0v) is 12.7. The molecule has 0 radical (unpaired) electrons. The topological polar surface area (TPSA) is 18.5 Å². The lowest BCUT2D eigenvalue weighted by molar-refractivity contribution is 0.395. The van der Waals surface area contributed by atoms with Gasteiger partial charge in [-0.05, 0) is 37.1 Å². The van der Waals surface area contributed by atoms with Crippen LogP contribution in [0.2, 0.25) is 0 Å². The van der Waals surface area contributed by atoms with E-state index in [0.717, 1.165) is 6.54 Å². The molecule has 0 bridgehead atoms. The quantitative estimate of drug-likeness (QED) is 0.899. The molecule has 1 fully saturated rings. The van der Waals surface area contributed by atoms with E-state index in [1.54, 1.807) is 0 Å². The summed E-state index contributed by atoms with van der Waals surface area (Å²) in [6.07, 6.45) is 2.57. The Kier molecular flexibility index (Phi) is 4.70. The Morgan fingerprint density at radius 3 is 2.47 bits per heavy atom. The number of benzene rings is 1. The molecule has 19 heavy (non-hydrogen) atoms. The van der Waals surface area contributed by atoms with Gasteiger partial charge in [0, 0.05) is 50.6 Å². The predicted molar refractivity (Wildman–Crippen MR) is 84.3 cm³/mol. The van der Waals surface area contributed by atoms with E-state index in [-0.39, 0.29) is 0 Å². The SMILES string of the molecule is CC(C)NC1CCCN(c2ccc(N(C)C)cc2)C1. The molecule has 0 spiro atoms. The van der Waals surface area contributed by atoms with Crippen LogP contribution < -0.4 is 15.1 Å². The molecule has 0 aromatic heterocycles. The highest BCUT2D eigenvalue weighted by molar-refractivity contribution is 5.56. The lowest BCUT2D eigenvalue weighted by atomic mass is 10.0. The van der Waals surface area contributed by atoms with Crippen molar-refractivity contribution < 1.29 is 0 Å². The van der Waals surface area contributed by atoms with Crippen molar-refractivity contribution in [3.63, 3.8) is 0 Å². The number of hydrogen-bond donors (Lipinski definition) is 1. The van der Waals surface area contributed by atoms with Crippen molar-refractivity contribution in [2.45, 2.75) is 38.8 Å². The first kappa shape index (κ1) is 14.2. The number of rotatable bonds is 4.